The van der Waals surface area contributed by atoms with Crippen LogP contribution in [0.25, 0.3) is 0 Å². The van der Waals surface area contributed by atoms with Crippen molar-refractivity contribution in [1.29, 1.82) is 0 Å². The van der Waals surface area contributed by atoms with Crippen LogP contribution in [0.3, 0.4) is 0 Å². The first-order chi connectivity index (χ1) is 10.9. The molecule has 1 atom stereocenters. The van der Waals surface area contributed by atoms with Crippen molar-refractivity contribution in [2.45, 2.75) is 26.3 Å². The second-order valence-electron chi connectivity index (χ2n) is 5.61. The number of amides is 1. The number of carbonyl (C=O) groups excluding carboxylic acids is 2. The van der Waals surface area contributed by atoms with Crippen molar-refractivity contribution < 1.29 is 29.5 Å². The fourth-order valence-corrected chi connectivity index (χ4v) is 2.01. The maximum absolute atomic E-state index is 12.1. The van der Waals surface area contributed by atoms with E-state index in [0.717, 1.165) is 0 Å². The minimum atomic E-state index is -1.25. The molecule has 0 saturated heterocycles. The third-order valence-corrected chi connectivity index (χ3v) is 3.28. The van der Waals surface area contributed by atoms with Crippen LogP contribution in [0.4, 0.5) is 5.69 Å². The lowest BCUT2D eigenvalue weighted by Crippen LogP contribution is -2.94. The molecule has 0 spiro atoms. The molecule has 1 rings (SSSR count). The standard InChI is InChI=1S/C16H24N2O5/c1-10(2)9-17-13(16(20)21)8-15(19)18-12-7-11(22-3)5-6-14(12)23-4/h5-7,10,13,17H,8-9H2,1-4H3,(H,18,19)(H,20,21)/t13-/m1/s1. The van der Waals surface area contributed by atoms with Gasteiger partial charge in [0, 0.05) is 12.0 Å². The highest BCUT2D eigenvalue weighted by atomic mass is 16.5. The maximum Gasteiger partial charge on any atom is 0.230 e. The summed E-state index contributed by atoms with van der Waals surface area (Å²) in [4.78, 5) is 23.3. The zero-order valence-corrected chi connectivity index (χ0v) is 13.9. The van der Waals surface area contributed by atoms with E-state index in [-0.39, 0.29) is 6.42 Å². The van der Waals surface area contributed by atoms with Crippen LogP contribution in [0.15, 0.2) is 18.2 Å². The van der Waals surface area contributed by atoms with Gasteiger partial charge in [0.1, 0.15) is 17.5 Å². The van der Waals surface area contributed by atoms with Crippen molar-refractivity contribution in [3.05, 3.63) is 18.2 Å². The molecule has 0 aliphatic heterocycles. The molecule has 0 bridgehead atoms. The number of quaternary nitrogens is 1. The number of methoxy groups -OCH3 is 2. The smallest absolute Gasteiger partial charge is 0.230 e. The van der Waals surface area contributed by atoms with Crippen molar-refractivity contribution in [3.8, 4) is 11.5 Å². The number of aliphatic carboxylic acids is 1. The van der Waals surface area contributed by atoms with Gasteiger partial charge in [0.15, 0.2) is 0 Å². The largest absolute Gasteiger partial charge is 0.544 e. The minimum Gasteiger partial charge on any atom is -0.544 e. The minimum absolute atomic E-state index is 0.185. The number of nitrogens with one attached hydrogen (secondary N) is 1. The van der Waals surface area contributed by atoms with Gasteiger partial charge in [0.2, 0.25) is 5.91 Å². The van der Waals surface area contributed by atoms with E-state index in [1.807, 2.05) is 13.8 Å². The monoisotopic (exact) mass is 324 g/mol. The molecule has 1 aromatic rings. The molecule has 7 heteroatoms. The fraction of sp³-hybridized carbons (Fsp3) is 0.500. The van der Waals surface area contributed by atoms with Gasteiger partial charge < -0.3 is 30.0 Å². The summed E-state index contributed by atoms with van der Waals surface area (Å²) in [7, 11) is 3.00. The predicted molar refractivity (Wildman–Crippen MR) is 83.2 cm³/mol. The summed E-state index contributed by atoms with van der Waals surface area (Å²) < 4.78 is 10.3. The van der Waals surface area contributed by atoms with Crippen LogP contribution < -0.4 is 25.2 Å². The third-order valence-electron chi connectivity index (χ3n) is 3.28. The van der Waals surface area contributed by atoms with E-state index < -0.39 is 17.9 Å². The van der Waals surface area contributed by atoms with E-state index in [2.05, 4.69) is 5.32 Å². The number of nitrogens with two attached hydrogens (primary N) is 1. The summed E-state index contributed by atoms with van der Waals surface area (Å²) in [6.07, 6.45) is -0.185. The van der Waals surface area contributed by atoms with E-state index in [0.29, 0.717) is 29.6 Å². The molecule has 1 amide bonds. The van der Waals surface area contributed by atoms with E-state index >= 15 is 0 Å². The molecule has 0 unspecified atom stereocenters. The number of ether oxygens (including phenoxy) is 2. The number of carboxylic acid groups (broad SMARTS) is 1. The summed E-state index contributed by atoms with van der Waals surface area (Å²) in [5.41, 5.74) is 0.429. The van der Waals surface area contributed by atoms with Crippen molar-refractivity contribution in [3.63, 3.8) is 0 Å². The highest BCUT2D eigenvalue weighted by Crippen LogP contribution is 2.28. The van der Waals surface area contributed by atoms with Crippen molar-refractivity contribution in [2.75, 3.05) is 26.1 Å². The zero-order valence-electron chi connectivity index (χ0n) is 13.9. The van der Waals surface area contributed by atoms with E-state index in [4.69, 9.17) is 9.47 Å². The Balaban J connectivity index is 2.75. The average molecular weight is 324 g/mol. The summed E-state index contributed by atoms with van der Waals surface area (Å²) in [5.74, 6) is -0.332. The predicted octanol–water partition coefficient (Wildman–Crippen LogP) is -0.630. The first kappa shape index (κ1) is 18.8. The van der Waals surface area contributed by atoms with E-state index in [1.54, 1.807) is 23.5 Å². The maximum atomic E-state index is 12.1. The summed E-state index contributed by atoms with van der Waals surface area (Å²) in [5, 5.41) is 15.4. The fourth-order valence-electron chi connectivity index (χ4n) is 2.01. The molecular weight excluding hydrogens is 300 g/mol. The Kier molecular flexibility index (Phi) is 7.34. The van der Waals surface area contributed by atoms with Crippen LogP contribution in [-0.2, 0) is 9.59 Å². The van der Waals surface area contributed by atoms with Crippen LogP contribution in [0.1, 0.15) is 20.3 Å². The Hall–Kier alpha value is -2.28. The number of anilines is 1. The van der Waals surface area contributed by atoms with Gasteiger partial charge in [-0.1, -0.05) is 13.8 Å². The zero-order chi connectivity index (χ0) is 17.4. The van der Waals surface area contributed by atoms with Crippen LogP contribution in [0.5, 0.6) is 11.5 Å². The lowest BCUT2D eigenvalue weighted by atomic mass is 10.1. The Bertz CT molecular complexity index is 545. The molecule has 0 aromatic heterocycles. The molecule has 3 N–H and O–H groups in total. The van der Waals surface area contributed by atoms with Gasteiger partial charge in [-0.15, -0.1) is 0 Å². The summed E-state index contributed by atoms with van der Waals surface area (Å²) in [6, 6.07) is 4.06. The third kappa shape index (κ3) is 6.15. The van der Waals surface area contributed by atoms with Crippen LogP contribution >= 0.6 is 0 Å². The highest BCUT2D eigenvalue weighted by molar-refractivity contribution is 5.94. The number of hydrogen-bond donors (Lipinski definition) is 2. The normalized spacial score (nSPS) is 11.9. The topological polar surface area (TPSA) is 104 Å². The number of carboxylic acids is 1. The van der Waals surface area contributed by atoms with E-state index in [1.165, 1.54) is 14.2 Å². The van der Waals surface area contributed by atoms with Gasteiger partial charge in [-0.05, 0) is 12.1 Å². The molecule has 0 saturated carbocycles. The number of benzene rings is 1. The number of rotatable bonds is 9. The second kappa shape index (κ2) is 8.99. The lowest BCUT2D eigenvalue weighted by Gasteiger charge is -2.18. The van der Waals surface area contributed by atoms with Gasteiger partial charge in [0.05, 0.1) is 38.8 Å². The molecule has 7 nitrogen and oxygen atoms in total. The second-order valence-corrected chi connectivity index (χ2v) is 5.61. The van der Waals surface area contributed by atoms with Gasteiger partial charge >= 0.3 is 0 Å². The highest BCUT2D eigenvalue weighted by Gasteiger charge is 2.19. The van der Waals surface area contributed by atoms with E-state index in [9.17, 15) is 14.7 Å². The molecule has 128 valence electrons. The number of hydrogen-bond acceptors (Lipinski definition) is 5. The van der Waals surface area contributed by atoms with Gasteiger partial charge in [-0.25, -0.2) is 0 Å². The van der Waals surface area contributed by atoms with Crippen LogP contribution in [0, 0.1) is 5.92 Å². The van der Waals surface area contributed by atoms with Gasteiger partial charge in [0.25, 0.3) is 0 Å². The molecule has 23 heavy (non-hydrogen) atoms. The Morgan fingerprint density at radius 2 is 1.96 bits per heavy atom. The molecule has 0 fully saturated rings. The van der Waals surface area contributed by atoms with Crippen molar-refractivity contribution in [1.82, 2.24) is 0 Å². The number of carbonyl (C=O) groups is 2. The SMILES string of the molecule is COc1ccc(OC)c(NC(=O)C[C@@H]([NH2+]CC(C)C)C(=O)[O-])c1. The molecule has 0 radical (unpaired) electrons. The molecule has 0 aliphatic carbocycles. The summed E-state index contributed by atoms with van der Waals surface area (Å²) in [6.45, 7) is 4.56. The van der Waals surface area contributed by atoms with Gasteiger partial charge in [-0.2, -0.15) is 0 Å². The molecule has 0 heterocycles. The summed E-state index contributed by atoms with van der Waals surface area (Å²) >= 11 is 0. The average Bonchev–Trinajstić information content (AvgIpc) is 2.50. The quantitative estimate of drug-likeness (QED) is 0.629. The first-order valence-electron chi connectivity index (χ1n) is 7.43. The Morgan fingerprint density at radius 1 is 1.26 bits per heavy atom. The van der Waals surface area contributed by atoms with Crippen molar-refractivity contribution in [2.24, 2.45) is 5.92 Å². The molecule has 1 aromatic carbocycles. The molecule has 0 aliphatic rings. The van der Waals surface area contributed by atoms with Crippen LogP contribution in [0.2, 0.25) is 0 Å². The van der Waals surface area contributed by atoms with Crippen molar-refractivity contribution >= 4 is 17.6 Å². The lowest BCUT2D eigenvalue weighted by molar-refractivity contribution is -0.686. The Labute approximate surface area is 136 Å². The van der Waals surface area contributed by atoms with Crippen LogP contribution in [-0.4, -0.2) is 38.7 Å². The first-order valence-corrected chi connectivity index (χ1v) is 7.43. The molecular formula is C16H24N2O5. The Morgan fingerprint density at radius 3 is 2.48 bits per heavy atom. The van der Waals surface area contributed by atoms with Gasteiger partial charge in [-0.3, -0.25) is 4.79 Å².